The number of fused-ring (bicyclic) bond motifs is 1. The van der Waals surface area contributed by atoms with Crippen LogP contribution in [0.3, 0.4) is 0 Å². The van der Waals surface area contributed by atoms with Crippen LogP contribution < -0.4 is 9.47 Å². The first-order chi connectivity index (χ1) is 12.8. The molecule has 0 saturated carbocycles. The lowest BCUT2D eigenvalue weighted by atomic mass is 9.99. The molecular formula is C21H30N2O3. The Balaban J connectivity index is 1.40. The van der Waals surface area contributed by atoms with Crippen molar-refractivity contribution in [3.63, 3.8) is 0 Å². The van der Waals surface area contributed by atoms with E-state index in [1.165, 1.54) is 38.8 Å². The van der Waals surface area contributed by atoms with Gasteiger partial charge < -0.3 is 19.3 Å². The van der Waals surface area contributed by atoms with Crippen LogP contribution in [-0.2, 0) is 11.2 Å². The Hall–Kier alpha value is -1.75. The lowest BCUT2D eigenvalue weighted by molar-refractivity contribution is -0.134. The van der Waals surface area contributed by atoms with Crippen LogP contribution >= 0.6 is 0 Å². The van der Waals surface area contributed by atoms with Gasteiger partial charge in [-0.2, -0.15) is 0 Å². The van der Waals surface area contributed by atoms with Crippen molar-refractivity contribution in [3.05, 3.63) is 23.8 Å². The van der Waals surface area contributed by atoms with E-state index in [-0.39, 0.29) is 5.91 Å². The zero-order valence-electron chi connectivity index (χ0n) is 15.6. The number of carbonyl (C=O) groups excluding carboxylic acids is 1. The van der Waals surface area contributed by atoms with Crippen molar-refractivity contribution in [1.29, 1.82) is 0 Å². The molecule has 5 heteroatoms. The predicted octanol–water partition coefficient (Wildman–Crippen LogP) is 2.87. The first-order valence-electron chi connectivity index (χ1n) is 10.2. The zero-order valence-corrected chi connectivity index (χ0v) is 15.6. The number of benzene rings is 1. The molecule has 26 heavy (non-hydrogen) atoms. The van der Waals surface area contributed by atoms with E-state index in [1.54, 1.807) is 0 Å². The third kappa shape index (κ3) is 4.14. The van der Waals surface area contributed by atoms with Gasteiger partial charge in [0.05, 0.1) is 6.42 Å². The fraction of sp³-hybridized carbons (Fsp3) is 0.667. The molecule has 0 bridgehead atoms. The second kappa shape index (κ2) is 8.30. The molecule has 5 nitrogen and oxygen atoms in total. The van der Waals surface area contributed by atoms with Crippen molar-refractivity contribution in [2.75, 3.05) is 39.4 Å². The quantitative estimate of drug-likeness (QED) is 0.830. The van der Waals surface area contributed by atoms with Crippen LogP contribution in [0.2, 0.25) is 0 Å². The number of carbonyl (C=O) groups is 1. The van der Waals surface area contributed by atoms with Crippen molar-refractivity contribution in [2.45, 2.75) is 51.0 Å². The van der Waals surface area contributed by atoms with E-state index in [1.807, 2.05) is 18.2 Å². The Morgan fingerprint density at radius 1 is 0.962 bits per heavy atom. The van der Waals surface area contributed by atoms with Crippen molar-refractivity contribution >= 4 is 5.91 Å². The average Bonchev–Trinajstić information content (AvgIpc) is 2.69. The molecule has 1 atom stereocenters. The molecule has 2 saturated heterocycles. The van der Waals surface area contributed by atoms with Crippen molar-refractivity contribution in [2.24, 2.45) is 0 Å². The highest BCUT2D eigenvalue weighted by Crippen LogP contribution is 2.31. The van der Waals surface area contributed by atoms with E-state index in [4.69, 9.17) is 9.47 Å². The maximum absolute atomic E-state index is 13.0. The van der Waals surface area contributed by atoms with Crippen LogP contribution in [0.1, 0.15) is 44.1 Å². The van der Waals surface area contributed by atoms with Crippen molar-refractivity contribution < 1.29 is 14.3 Å². The zero-order chi connectivity index (χ0) is 17.8. The van der Waals surface area contributed by atoms with Gasteiger partial charge in [0.2, 0.25) is 5.91 Å². The van der Waals surface area contributed by atoms with Crippen molar-refractivity contribution in [1.82, 2.24) is 9.80 Å². The van der Waals surface area contributed by atoms with E-state index in [0.29, 0.717) is 25.7 Å². The van der Waals surface area contributed by atoms with Crippen LogP contribution in [-0.4, -0.2) is 61.1 Å². The molecule has 1 aromatic rings. The summed E-state index contributed by atoms with van der Waals surface area (Å²) in [5, 5.41) is 0. The summed E-state index contributed by atoms with van der Waals surface area (Å²) in [6, 6.07) is 6.27. The molecule has 3 aliphatic rings. The lowest BCUT2D eigenvalue weighted by Crippen LogP contribution is -2.50. The SMILES string of the molecule is O=C(Cc1ccc2c(c1)OCCO2)N1CCCC[C@H]1CN1CCCCC1. The van der Waals surface area contributed by atoms with Gasteiger partial charge in [-0.25, -0.2) is 0 Å². The highest BCUT2D eigenvalue weighted by Gasteiger charge is 2.28. The van der Waals surface area contributed by atoms with E-state index in [2.05, 4.69) is 9.80 Å². The van der Waals surface area contributed by atoms with Gasteiger partial charge in [-0.05, 0) is 62.9 Å². The fourth-order valence-electron chi connectivity index (χ4n) is 4.43. The van der Waals surface area contributed by atoms with Gasteiger partial charge in [0, 0.05) is 19.1 Å². The second-order valence-corrected chi connectivity index (χ2v) is 7.75. The minimum atomic E-state index is 0.253. The highest BCUT2D eigenvalue weighted by molar-refractivity contribution is 5.79. The number of rotatable bonds is 4. The predicted molar refractivity (Wildman–Crippen MR) is 101 cm³/mol. The van der Waals surface area contributed by atoms with Crippen LogP contribution in [0.25, 0.3) is 0 Å². The Kier molecular flexibility index (Phi) is 5.63. The molecule has 2 fully saturated rings. The van der Waals surface area contributed by atoms with Gasteiger partial charge in [-0.1, -0.05) is 12.5 Å². The number of nitrogens with zero attached hydrogens (tertiary/aromatic N) is 2. The molecule has 0 spiro atoms. The molecule has 0 radical (unpaired) electrons. The van der Waals surface area contributed by atoms with Crippen LogP contribution in [0.15, 0.2) is 18.2 Å². The minimum Gasteiger partial charge on any atom is -0.486 e. The second-order valence-electron chi connectivity index (χ2n) is 7.75. The van der Waals surface area contributed by atoms with Crippen LogP contribution in [0.5, 0.6) is 11.5 Å². The van der Waals surface area contributed by atoms with Gasteiger partial charge in [0.1, 0.15) is 13.2 Å². The standard InChI is InChI=1S/C21H30N2O3/c24-21(15-17-7-8-19-20(14-17)26-13-12-25-19)23-11-5-2-6-18(23)16-22-9-3-1-4-10-22/h7-8,14,18H,1-6,9-13,15-16H2/t18-/m0/s1. The molecule has 0 N–H and O–H groups in total. The highest BCUT2D eigenvalue weighted by atomic mass is 16.6. The van der Waals surface area contributed by atoms with E-state index in [0.717, 1.165) is 43.0 Å². The molecule has 3 heterocycles. The lowest BCUT2D eigenvalue weighted by Gasteiger charge is -2.40. The smallest absolute Gasteiger partial charge is 0.227 e. The van der Waals surface area contributed by atoms with Gasteiger partial charge >= 0.3 is 0 Å². The first-order valence-corrected chi connectivity index (χ1v) is 10.2. The summed E-state index contributed by atoms with van der Waals surface area (Å²) >= 11 is 0. The molecular weight excluding hydrogens is 328 g/mol. The van der Waals surface area contributed by atoms with E-state index >= 15 is 0 Å². The summed E-state index contributed by atoms with van der Waals surface area (Å²) in [6.45, 7) is 5.52. The normalized spacial score (nSPS) is 23.7. The molecule has 0 aromatic heterocycles. The monoisotopic (exact) mass is 358 g/mol. The first kappa shape index (κ1) is 17.7. The van der Waals surface area contributed by atoms with E-state index < -0.39 is 0 Å². The Bertz CT molecular complexity index is 628. The molecule has 0 unspecified atom stereocenters. The molecule has 1 amide bonds. The van der Waals surface area contributed by atoms with E-state index in [9.17, 15) is 4.79 Å². The maximum Gasteiger partial charge on any atom is 0.227 e. The molecule has 142 valence electrons. The topological polar surface area (TPSA) is 42.0 Å². The third-order valence-electron chi connectivity index (χ3n) is 5.83. The minimum absolute atomic E-state index is 0.253. The number of amides is 1. The number of hydrogen-bond acceptors (Lipinski definition) is 4. The number of piperidine rings is 2. The van der Waals surface area contributed by atoms with Crippen LogP contribution in [0.4, 0.5) is 0 Å². The Morgan fingerprint density at radius 3 is 2.58 bits per heavy atom. The van der Waals surface area contributed by atoms with Crippen LogP contribution in [0, 0.1) is 0 Å². The Labute approximate surface area is 156 Å². The largest absolute Gasteiger partial charge is 0.486 e. The summed E-state index contributed by atoms with van der Waals surface area (Å²) in [7, 11) is 0. The summed E-state index contributed by atoms with van der Waals surface area (Å²) < 4.78 is 11.2. The third-order valence-corrected chi connectivity index (χ3v) is 5.83. The average molecular weight is 358 g/mol. The molecule has 0 aliphatic carbocycles. The molecule has 4 rings (SSSR count). The van der Waals surface area contributed by atoms with Crippen molar-refractivity contribution in [3.8, 4) is 11.5 Å². The number of ether oxygens (including phenoxy) is 2. The Morgan fingerprint density at radius 2 is 1.73 bits per heavy atom. The summed E-state index contributed by atoms with van der Waals surface area (Å²) in [5.41, 5.74) is 1.02. The summed E-state index contributed by atoms with van der Waals surface area (Å²) in [4.78, 5) is 17.7. The van der Waals surface area contributed by atoms with Gasteiger partial charge in [0.25, 0.3) is 0 Å². The summed E-state index contributed by atoms with van der Waals surface area (Å²) in [6.07, 6.45) is 7.93. The molecule has 3 aliphatic heterocycles. The van der Waals surface area contributed by atoms with Gasteiger partial charge in [-0.15, -0.1) is 0 Å². The number of likely N-dealkylation sites (tertiary alicyclic amines) is 2. The van der Waals surface area contributed by atoms with Gasteiger partial charge in [0.15, 0.2) is 11.5 Å². The van der Waals surface area contributed by atoms with Gasteiger partial charge in [-0.3, -0.25) is 4.79 Å². The molecule has 1 aromatic carbocycles. The fourth-order valence-corrected chi connectivity index (χ4v) is 4.43. The number of hydrogen-bond donors (Lipinski definition) is 0. The summed E-state index contributed by atoms with van der Waals surface area (Å²) in [5.74, 6) is 1.81. The maximum atomic E-state index is 13.0.